The van der Waals surface area contributed by atoms with Gasteiger partial charge in [0.2, 0.25) is 0 Å². The number of aromatic nitrogens is 3. The van der Waals surface area contributed by atoms with E-state index in [0.29, 0.717) is 4.68 Å². The number of nitro benzene ring substituents is 1. The molecule has 3 rings (SSSR count). The summed E-state index contributed by atoms with van der Waals surface area (Å²) in [7, 11) is 0. The highest BCUT2D eigenvalue weighted by Crippen LogP contribution is 2.28. The molecule has 0 aliphatic rings. The summed E-state index contributed by atoms with van der Waals surface area (Å²) in [5, 5.41) is 16.9. The number of hydrogen-bond acceptors (Lipinski definition) is 6. The topological polar surface area (TPSA) is 95.1 Å². The Bertz CT molecular complexity index is 948. The number of non-ortho nitro benzene ring substituents is 1. The molecule has 3 aromatic rings. The molecule has 0 aliphatic heterocycles. The second-order valence-corrected chi connectivity index (χ2v) is 4.93. The summed E-state index contributed by atoms with van der Waals surface area (Å²) in [5.74, 6) is -0.569. The van der Waals surface area contributed by atoms with Gasteiger partial charge in [-0.3, -0.25) is 10.1 Å². The van der Waals surface area contributed by atoms with Crippen molar-refractivity contribution in [3.8, 4) is 11.5 Å². The van der Waals surface area contributed by atoms with Crippen LogP contribution in [-0.4, -0.2) is 19.7 Å². The molecule has 1 aromatic carbocycles. The number of anilines is 2. The second-order valence-electron chi connectivity index (χ2n) is 4.93. The number of benzene rings is 1. The SMILES string of the molecule is O=[N+]([O-])c1ccc(Oc2ccnc(Nc3ccn(C(F)F)n3)c2)c(F)c1. The molecule has 0 atom stereocenters. The van der Waals surface area contributed by atoms with Crippen LogP contribution < -0.4 is 10.1 Å². The van der Waals surface area contributed by atoms with Gasteiger partial charge in [0, 0.05) is 30.6 Å². The highest BCUT2D eigenvalue weighted by molar-refractivity contribution is 5.53. The van der Waals surface area contributed by atoms with Crippen LogP contribution in [0.2, 0.25) is 0 Å². The van der Waals surface area contributed by atoms with Gasteiger partial charge in [-0.2, -0.15) is 13.9 Å². The first kappa shape index (κ1) is 17.2. The molecule has 0 amide bonds. The molecule has 0 bridgehead atoms. The van der Waals surface area contributed by atoms with E-state index in [1.165, 1.54) is 24.4 Å². The minimum atomic E-state index is -2.77. The van der Waals surface area contributed by atoms with Gasteiger partial charge in [-0.1, -0.05) is 0 Å². The molecule has 2 heterocycles. The largest absolute Gasteiger partial charge is 0.454 e. The zero-order valence-electron chi connectivity index (χ0n) is 12.8. The van der Waals surface area contributed by atoms with E-state index in [1.54, 1.807) is 0 Å². The van der Waals surface area contributed by atoms with Gasteiger partial charge < -0.3 is 10.1 Å². The van der Waals surface area contributed by atoms with Crippen molar-refractivity contribution >= 4 is 17.3 Å². The maximum absolute atomic E-state index is 13.9. The highest BCUT2D eigenvalue weighted by Gasteiger charge is 2.13. The van der Waals surface area contributed by atoms with Crippen molar-refractivity contribution in [2.75, 3.05) is 5.32 Å². The van der Waals surface area contributed by atoms with Gasteiger partial charge in [0.05, 0.1) is 11.0 Å². The molecule has 1 N–H and O–H groups in total. The monoisotopic (exact) mass is 365 g/mol. The molecule has 11 heteroatoms. The molecule has 0 saturated heterocycles. The fraction of sp³-hybridized carbons (Fsp3) is 0.0667. The minimum absolute atomic E-state index is 0.136. The van der Waals surface area contributed by atoms with Gasteiger partial charge in [0.15, 0.2) is 17.4 Å². The fourth-order valence-corrected chi connectivity index (χ4v) is 2.00. The predicted octanol–water partition coefficient (Wildman–Crippen LogP) is 4.26. The van der Waals surface area contributed by atoms with Crippen LogP contribution in [0.25, 0.3) is 0 Å². The minimum Gasteiger partial charge on any atom is -0.454 e. The predicted molar refractivity (Wildman–Crippen MR) is 84.1 cm³/mol. The zero-order valence-corrected chi connectivity index (χ0v) is 12.8. The molecule has 0 spiro atoms. The van der Waals surface area contributed by atoms with Crippen molar-refractivity contribution in [1.29, 1.82) is 0 Å². The number of ether oxygens (including phenoxy) is 1. The maximum atomic E-state index is 13.9. The van der Waals surface area contributed by atoms with Crippen LogP contribution >= 0.6 is 0 Å². The van der Waals surface area contributed by atoms with E-state index in [9.17, 15) is 23.3 Å². The summed E-state index contributed by atoms with van der Waals surface area (Å²) in [5.41, 5.74) is -0.401. The Balaban J connectivity index is 1.76. The van der Waals surface area contributed by atoms with E-state index in [1.807, 2.05) is 0 Å². The molecule has 2 aromatic heterocycles. The number of alkyl halides is 2. The van der Waals surface area contributed by atoms with Crippen LogP contribution in [0.3, 0.4) is 0 Å². The van der Waals surface area contributed by atoms with Gasteiger partial charge in [-0.05, 0) is 12.1 Å². The average molecular weight is 365 g/mol. The molecule has 134 valence electrons. The highest BCUT2D eigenvalue weighted by atomic mass is 19.3. The first-order valence-corrected chi connectivity index (χ1v) is 7.10. The number of nitrogens with zero attached hydrogens (tertiary/aromatic N) is 4. The van der Waals surface area contributed by atoms with E-state index in [4.69, 9.17) is 4.74 Å². The molecule has 0 fully saturated rings. The van der Waals surface area contributed by atoms with Crippen LogP contribution in [0.1, 0.15) is 6.55 Å². The van der Waals surface area contributed by atoms with Gasteiger partial charge >= 0.3 is 6.55 Å². The lowest BCUT2D eigenvalue weighted by Gasteiger charge is -2.08. The molecule has 0 unspecified atom stereocenters. The summed E-state index contributed by atoms with van der Waals surface area (Å²) < 4.78 is 44.7. The second kappa shape index (κ2) is 7.09. The Morgan fingerprint density at radius 2 is 2.00 bits per heavy atom. The standard InChI is InChI=1S/C15H10F3N5O3/c16-11-7-9(23(24)25)1-2-12(11)26-10-3-5-19-14(8-10)20-13-4-6-22(21-13)15(17)18/h1-8,15H,(H,19,20,21). The Morgan fingerprint density at radius 3 is 2.65 bits per heavy atom. The van der Waals surface area contributed by atoms with Crippen LogP contribution in [0.5, 0.6) is 11.5 Å². The van der Waals surface area contributed by atoms with E-state index in [-0.39, 0.29) is 23.1 Å². The lowest BCUT2D eigenvalue weighted by molar-refractivity contribution is -0.385. The molecular weight excluding hydrogens is 355 g/mol. The maximum Gasteiger partial charge on any atom is 0.333 e. The first-order chi connectivity index (χ1) is 12.4. The number of rotatable bonds is 6. The molecule has 0 saturated carbocycles. The van der Waals surface area contributed by atoms with E-state index in [0.717, 1.165) is 24.4 Å². The molecule has 26 heavy (non-hydrogen) atoms. The Hall–Kier alpha value is -3.63. The van der Waals surface area contributed by atoms with Gasteiger partial charge in [0.25, 0.3) is 5.69 Å². The van der Waals surface area contributed by atoms with Crippen molar-refractivity contribution in [2.45, 2.75) is 6.55 Å². The third kappa shape index (κ3) is 3.88. The van der Waals surface area contributed by atoms with Crippen LogP contribution in [0.15, 0.2) is 48.8 Å². The third-order valence-corrected chi connectivity index (χ3v) is 3.15. The average Bonchev–Trinajstić information content (AvgIpc) is 3.06. The number of hydrogen-bond donors (Lipinski definition) is 1. The molecular formula is C15H10F3N5O3. The normalized spacial score (nSPS) is 10.8. The van der Waals surface area contributed by atoms with Crippen molar-refractivity contribution in [1.82, 2.24) is 14.8 Å². The smallest absolute Gasteiger partial charge is 0.333 e. The Morgan fingerprint density at radius 1 is 1.19 bits per heavy atom. The molecule has 8 nitrogen and oxygen atoms in total. The third-order valence-electron chi connectivity index (χ3n) is 3.15. The number of pyridine rings is 1. The van der Waals surface area contributed by atoms with Gasteiger partial charge in [-0.25, -0.2) is 14.1 Å². The molecule has 0 aliphatic carbocycles. The number of nitrogens with one attached hydrogen (secondary N) is 1. The lowest BCUT2D eigenvalue weighted by Crippen LogP contribution is -2.00. The summed E-state index contributed by atoms with van der Waals surface area (Å²) in [6.07, 6.45) is 2.45. The summed E-state index contributed by atoms with van der Waals surface area (Å²) in [4.78, 5) is 13.9. The Labute approximate surface area is 144 Å². The van der Waals surface area contributed by atoms with Crippen molar-refractivity contribution in [3.05, 3.63) is 64.7 Å². The van der Waals surface area contributed by atoms with Crippen molar-refractivity contribution < 1.29 is 22.8 Å². The summed E-state index contributed by atoms with van der Waals surface area (Å²) >= 11 is 0. The Kier molecular flexibility index (Phi) is 4.69. The number of halogens is 3. The zero-order chi connectivity index (χ0) is 18.7. The first-order valence-electron chi connectivity index (χ1n) is 7.10. The van der Waals surface area contributed by atoms with Crippen molar-refractivity contribution in [3.63, 3.8) is 0 Å². The van der Waals surface area contributed by atoms with Crippen LogP contribution in [0, 0.1) is 15.9 Å². The fourth-order valence-electron chi connectivity index (χ4n) is 2.00. The molecule has 0 radical (unpaired) electrons. The quantitative estimate of drug-likeness (QED) is 0.518. The summed E-state index contributed by atoms with van der Waals surface area (Å²) in [6.45, 7) is -2.77. The van der Waals surface area contributed by atoms with Crippen LogP contribution in [0.4, 0.5) is 30.5 Å². The van der Waals surface area contributed by atoms with Gasteiger partial charge in [0.1, 0.15) is 11.6 Å². The van der Waals surface area contributed by atoms with E-state index >= 15 is 0 Å². The van der Waals surface area contributed by atoms with E-state index < -0.39 is 23.0 Å². The van der Waals surface area contributed by atoms with Gasteiger partial charge in [-0.15, -0.1) is 0 Å². The lowest BCUT2D eigenvalue weighted by atomic mass is 10.3. The number of nitro groups is 1. The van der Waals surface area contributed by atoms with Crippen LogP contribution in [-0.2, 0) is 0 Å². The summed E-state index contributed by atoms with van der Waals surface area (Å²) in [6, 6.07) is 7.14. The van der Waals surface area contributed by atoms with E-state index in [2.05, 4.69) is 15.4 Å². The van der Waals surface area contributed by atoms with Crippen molar-refractivity contribution in [2.24, 2.45) is 0 Å².